The molecular weight excluding hydrogens is 509 g/mol. The topological polar surface area (TPSA) is 108 Å². The molecule has 0 aliphatic carbocycles. The number of halogens is 3. The molecule has 0 aliphatic rings. The first-order valence-electron chi connectivity index (χ1n) is 11.0. The summed E-state index contributed by atoms with van der Waals surface area (Å²) in [4.78, 5) is 19.2. The summed E-state index contributed by atoms with van der Waals surface area (Å²) in [7, 11) is 1.74. The molecule has 1 heterocycles. The van der Waals surface area contributed by atoms with Crippen LogP contribution in [0.15, 0.2) is 42.6 Å². The third-order valence-corrected chi connectivity index (χ3v) is 6.24. The third-order valence-electron chi connectivity index (χ3n) is 5.27. The van der Waals surface area contributed by atoms with Gasteiger partial charge in [0.2, 0.25) is 11.9 Å². The van der Waals surface area contributed by atoms with Crippen molar-refractivity contribution in [3.8, 4) is 5.75 Å². The lowest BCUT2D eigenvalue weighted by molar-refractivity contribution is -0.137. The van der Waals surface area contributed by atoms with Gasteiger partial charge in [0.1, 0.15) is 28.1 Å². The quantitative estimate of drug-likeness (QED) is 0.359. The highest BCUT2D eigenvalue weighted by molar-refractivity contribution is 7.85. The van der Waals surface area contributed by atoms with Gasteiger partial charge in [0.05, 0.1) is 18.5 Å². The normalized spacial score (nSPS) is 12.0. The Kier molecular flexibility index (Phi) is 8.58. The van der Waals surface area contributed by atoms with E-state index in [1.54, 1.807) is 35.6 Å². The predicted octanol–water partition coefficient (Wildman–Crippen LogP) is 4.86. The van der Waals surface area contributed by atoms with Crippen LogP contribution in [-0.2, 0) is 28.5 Å². The maximum atomic E-state index is 13.7. The third kappa shape index (κ3) is 7.09. The summed E-state index contributed by atoms with van der Waals surface area (Å²) in [6, 6.07) is 10.1. The number of rotatable bonds is 9. The lowest BCUT2D eigenvalue weighted by atomic mass is 10.1. The van der Waals surface area contributed by atoms with Crippen LogP contribution in [0.25, 0.3) is 0 Å². The molecule has 3 rings (SSSR count). The number of aryl methyl sites for hydroxylation is 1. The minimum Gasteiger partial charge on any atom is -0.494 e. The number of methoxy groups -OCH3 is 1. The number of nitrogens with zero attached hydrogens (tertiary/aromatic N) is 3. The van der Waals surface area contributed by atoms with Crippen molar-refractivity contribution in [1.82, 2.24) is 9.97 Å². The van der Waals surface area contributed by atoms with Gasteiger partial charge in [0.15, 0.2) is 0 Å². The summed E-state index contributed by atoms with van der Waals surface area (Å²) in [5.74, 6) is -0.442. The molecule has 1 aromatic heterocycles. The van der Waals surface area contributed by atoms with Crippen LogP contribution < -0.4 is 25.0 Å². The zero-order chi connectivity index (χ0) is 27.3. The van der Waals surface area contributed by atoms with E-state index in [0.29, 0.717) is 34.6 Å². The number of benzene rings is 2. The number of carbonyl (C=O) groups is 1. The van der Waals surface area contributed by atoms with Crippen molar-refractivity contribution in [2.24, 2.45) is 0 Å². The molecule has 3 aromatic rings. The van der Waals surface area contributed by atoms with E-state index in [1.165, 1.54) is 20.3 Å². The summed E-state index contributed by atoms with van der Waals surface area (Å²) >= 11 is 0. The van der Waals surface area contributed by atoms with Crippen molar-refractivity contribution < 1.29 is 26.9 Å². The van der Waals surface area contributed by atoms with Crippen molar-refractivity contribution in [1.29, 1.82) is 0 Å². The van der Waals surface area contributed by atoms with Crippen LogP contribution in [0.5, 0.6) is 5.75 Å². The average molecular weight is 537 g/mol. The number of nitrogens with one attached hydrogen (secondary N) is 3. The number of hydrogen-bond acceptors (Lipinski definition) is 7. The Morgan fingerprint density at radius 1 is 1.19 bits per heavy atom. The molecule has 9 nitrogen and oxygen atoms in total. The van der Waals surface area contributed by atoms with Crippen molar-refractivity contribution in [3.05, 3.63) is 59.3 Å². The Morgan fingerprint density at radius 3 is 2.54 bits per heavy atom. The van der Waals surface area contributed by atoms with Crippen LogP contribution in [0, 0.1) is 6.92 Å². The minimum atomic E-state index is -4.69. The molecule has 0 fully saturated rings. The molecule has 0 bridgehead atoms. The van der Waals surface area contributed by atoms with Gasteiger partial charge in [0, 0.05) is 44.7 Å². The van der Waals surface area contributed by atoms with E-state index in [2.05, 4.69) is 25.9 Å². The second kappa shape index (κ2) is 11.5. The largest absolute Gasteiger partial charge is 0.494 e. The second-order valence-corrected chi connectivity index (χ2v) is 9.48. The van der Waals surface area contributed by atoms with E-state index in [0.717, 1.165) is 5.56 Å². The summed E-state index contributed by atoms with van der Waals surface area (Å²) < 4.78 is 59.9. The van der Waals surface area contributed by atoms with Crippen LogP contribution in [0.2, 0.25) is 0 Å². The number of carbonyl (C=O) groups excluding carboxylic acids is 1. The number of ether oxygens (including phenoxy) is 1. The molecule has 13 heteroatoms. The maximum Gasteiger partial charge on any atom is 0.421 e. The van der Waals surface area contributed by atoms with E-state index in [9.17, 15) is 22.2 Å². The number of alkyl halides is 3. The first kappa shape index (κ1) is 27.7. The fraction of sp³-hybridized carbons (Fsp3) is 0.292. The van der Waals surface area contributed by atoms with Gasteiger partial charge in [-0.3, -0.25) is 9.10 Å². The average Bonchev–Trinajstić information content (AvgIpc) is 2.82. The maximum absolute atomic E-state index is 13.7. The molecule has 3 N–H and O–H groups in total. The van der Waals surface area contributed by atoms with E-state index in [4.69, 9.17) is 4.74 Å². The molecule has 1 atom stereocenters. The number of hydrogen-bond donors (Lipinski definition) is 3. The molecule has 1 unspecified atom stereocenters. The molecule has 0 radical (unpaired) electrons. The fourth-order valence-electron chi connectivity index (χ4n) is 3.41. The van der Waals surface area contributed by atoms with E-state index < -0.39 is 28.5 Å². The Morgan fingerprint density at radius 2 is 1.92 bits per heavy atom. The van der Waals surface area contributed by atoms with Crippen LogP contribution in [0.1, 0.15) is 23.6 Å². The number of aromatic nitrogens is 2. The molecule has 37 heavy (non-hydrogen) atoms. The van der Waals surface area contributed by atoms with Gasteiger partial charge in [-0.15, -0.1) is 0 Å². The van der Waals surface area contributed by atoms with Crippen LogP contribution in [0.3, 0.4) is 0 Å². The summed E-state index contributed by atoms with van der Waals surface area (Å²) in [6.07, 6.45) is -2.48. The summed E-state index contributed by atoms with van der Waals surface area (Å²) in [5.41, 5.74) is 2.02. The monoisotopic (exact) mass is 536 g/mol. The fourth-order valence-corrected chi connectivity index (χ4v) is 3.86. The summed E-state index contributed by atoms with van der Waals surface area (Å²) in [5, 5.41) is 8.24. The Balaban J connectivity index is 1.91. The van der Waals surface area contributed by atoms with Crippen molar-refractivity contribution in [3.63, 3.8) is 0 Å². The SMILES string of the molecule is COc1cc(Nc2ncc(C(F)(F)F)c(NCc3ccc(C)cc3N(C)S(C)=O)n2)ccc1NC(C)=O. The zero-order valence-electron chi connectivity index (χ0n) is 20.9. The molecule has 0 aliphatic heterocycles. The van der Waals surface area contributed by atoms with Crippen molar-refractivity contribution >= 4 is 45.7 Å². The van der Waals surface area contributed by atoms with Crippen LogP contribution >= 0.6 is 0 Å². The Bertz CT molecular complexity index is 1320. The first-order valence-corrected chi connectivity index (χ1v) is 12.5. The molecule has 0 saturated heterocycles. The van der Waals surface area contributed by atoms with Crippen LogP contribution in [-0.4, -0.2) is 40.5 Å². The second-order valence-electron chi connectivity index (χ2n) is 8.08. The Hall–Kier alpha value is -3.87. The Labute approximate surface area is 215 Å². The first-order chi connectivity index (χ1) is 17.4. The molecule has 198 valence electrons. The summed E-state index contributed by atoms with van der Waals surface area (Å²) in [6.45, 7) is 3.22. The van der Waals surface area contributed by atoms with Crippen molar-refractivity contribution in [2.75, 3.05) is 40.7 Å². The molecule has 2 aromatic carbocycles. The van der Waals surface area contributed by atoms with Gasteiger partial charge in [-0.2, -0.15) is 18.2 Å². The molecular formula is C24H27F3N6O3S. The lowest BCUT2D eigenvalue weighted by Gasteiger charge is -2.21. The van der Waals surface area contributed by atoms with E-state index in [1.807, 2.05) is 19.1 Å². The standard InChI is InChI=1S/C24H27F3N6O3S/c1-14-6-7-16(20(10-14)33(3)37(5)35)12-28-22-18(24(25,26)27)13-29-23(32-22)31-17-8-9-19(30-15(2)34)21(11-17)36-4/h6-11,13H,12H2,1-5H3,(H,30,34)(H2,28,29,31,32). The van der Waals surface area contributed by atoms with Gasteiger partial charge in [0.25, 0.3) is 0 Å². The van der Waals surface area contributed by atoms with Gasteiger partial charge in [-0.05, 0) is 36.2 Å². The zero-order valence-corrected chi connectivity index (χ0v) is 21.7. The van der Waals surface area contributed by atoms with Gasteiger partial charge < -0.3 is 20.7 Å². The smallest absolute Gasteiger partial charge is 0.421 e. The molecule has 1 amide bonds. The number of amides is 1. The highest BCUT2D eigenvalue weighted by atomic mass is 32.2. The lowest BCUT2D eigenvalue weighted by Crippen LogP contribution is -2.21. The molecule has 0 spiro atoms. The van der Waals surface area contributed by atoms with Gasteiger partial charge in [-0.25, -0.2) is 9.19 Å². The van der Waals surface area contributed by atoms with E-state index >= 15 is 0 Å². The predicted molar refractivity (Wildman–Crippen MR) is 139 cm³/mol. The highest BCUT2D eigenvalue weighted by Crippen LogP contribution is 2.35. The number of anilines is 5. The minimum absolute atomic E-state index is 0.00405. The molecule has 0 saturated carbocycles. The highest BCUT2D eigenvalue weighted by Gasteiger charge is 2.35. The van der Waals surface area contributed by atoms with Gasteiger partial charge >= 0.3 is 6.18 Å². The van der Waals surface area contributed by atoms with Crippen LogP contribution in [0.4, 0.5) is 42.0 Å². The van der Waals surface area contributed by atoms with E-state index in [-0.39, 0.29) is 18.4 Å². The van der Waals surface area contributed by atoms with Crippen molar-refractivity contribution in [2.45, 2.75) is 26.6 Å². The van der Waals surface area contributed by atoms with Gasteiger partial charge in [-0.1, -0.05) is 12.1 Å².